The van der Waals surface area contributed by atoms with Crippen molar-refractivity contribution in [1.29, 1.82) is 0 Å². The lowest BCUT2D eigenvalue weighted by molar-refractivity contribution is 0.127. The number of benzene rings is 3. The van der Waals surface area contributed by atoms with E-state index >= 15 is 0 Å². The van der Waals surface area contributed by atoms with Crippen LogP contribution in [0.2, 0.25) is 0 Å². The molecule has 0 bridgehead atoms. The Morgan fingerprint density at radius 1 is 0.895 bits per heavy atom. The van der Waals surface area contributed by atoms with Gasteiger partial charge >= 0.3 is 5.69 Å². The van der Waals surface area contributed by atoms with Gasteiger partial charge in [-0.15, -0.1) is 0 Å². The molecule has 3 N–H and O–H groups in total. The molecule has 0 saturated carbocycles. The molecule has 0 amide bonds. The highest BCUT2D eigenvalue weighted by molar-refractivity contribution is 5.99. The van der Waals surface area contributed by atoms with Gasteiger partial charge in [0.1, 0.15) is 5.75 Å². The number of aromatic amines is 1. The third kappa shape index (κ3) is 4.93. The van der Waals surface area contributed by atoms with Gasteiger partial charge in [-0.2, -0.15) is 5.10 Å². The monoisotopic (exact) mass is 508 g/mol. The first-order chi connectivity index (χ1) is 18.7. The Kier molecular flexibility index (Phi) is 6.92. The van der Waals surface area contributed by atoms with Gasteiger partial charge in [0.05, 0.1) is 5.52 Å². The van der Waals surface area contributed by atoms with Crippen LogP contribution >= 0.6 is 0 Å². The Morgan fingerprint density at radius 3 is 2.50 bits per heavy atom. The standard InChI is InChI=1S/C30H32N6O2/c37-27-12-6-9-23(20-31-13-14-34-15-17-35(18-16-34)21-22-7-2-1-3-8-22)29(27)25-19-28-32-33-30(38)36(28)26-11-5-4-10-24(25)26/h1-12,19,31,37H,13-18,20-21H2,(H,33,38). The molecule has 38 heavy (non-hydrogen) atoms. The van der Waals surface area contributed by atoms with Crippen LogP contribution in [0.4, 0.5) is 0 Å². The zero-order valence-electron chi connectivity index (χ0n) is 21.3. The van der Waals surface area contributed by atoms with Gasteiger partial charge in [0.2, 0.25) is 0 Å². The second-order valence-electron chi connectivity index (χ2n) is 9.89. The van der Waals surface area contributed by atoms with Gasteiger partial charge in [0.15, 0.2) is 5.65 Å². The Balaban J connectivity index is 1.13. The lowest BCUT2D eigenvalue weighted by atomic mass is 9.95. The molecular formula is C30H32N6O2. The van der Waals surface area contributed by atoms with Gasteiger partial charge in [-0.1, -0.05) is 60.7 Å². The van der Waals surface area contributed by atoms with Gasteiger partial charge in [0.25, 0.3) is 0 Å². The van der Waals surface area contributed by atoms with Crippen molar-refractivity contribution in [2.75, 3.05) is 39.3 Å². The smallest absolute Gasteiger partial charge is 0.348 e. The molecule has 0 unspecified atom stereocenters. The number of piperazine rings is 1. The maximum absolute atomic E-state index is 12.4. The van der Waals surface area contributed by atoms with Gasteiger partial charge in [-0.25, -0.2) is 14.3 Å². The average molecular weight is 509 g/mol. The molecule has 5 aromatic rings. The SMILES string of the molecule is O=c1[nH]nc2cc(-c3c(O)cccc3CNCCN3CCN(Cc4ccccc4)CC3)c3ccccc3n12. The molecule has 2 aromatic heterocycles. The van der Waals surface area contributed by atoms with E-state index in [1.54, 1.807) is 10.5 Å². The summed E-state index contributed by atoms with van der Waals surface area (Å²) in [5.41, 5.74) is 5.01. The van der Waals surface area contributed by atoms with E-state index in [4.69, 9.17) is 0 Å². The van der Waals surface area contributed by atoms with Crippen LogP contribution in [0.5, 0.6) is 5.75 Å². The van der Waals surface area contributed by atoms with Crippen LogP contribution in [0.3, 0.4) is 0 Å². The van der Waals surface area contributed by atoms with Crippen LogP contribution in [-0.2, 0) is 13.1 Å². The van der Waals surface area contributed by atoms with Crippen LogP contribution in [0.1, 0.15) is 11.1 Å². The van der Waals surface area contributed by atoms with Crippen LogP contribution in [0, 0.1) is 0 Å². The molecule has 0 spiro atoms. The van der Waals surface area contributed by atoms with E-state index in [0.29, 0.717) is 12.2 Å². The van der Waals surface area contributed by atoms with E-state index in [0.717, 1.165) is 73.4 Å². The highest BCUT2D eigenvalue weighted by atomic mass is 16.3. The van der Waals surface area contributed by atoms with Crippen molar-refractivity contribution >= 4 is 16.6 Å². The molecule has 6 rings (SSSR count). The van der Waals surface area contributed by atoms with Gasteiger partial charge in [-0.05, 0) is 34.9 Å². The summed E-state index contributed by atoms with van der Waals surface area (Å²) in [5.74, 6) is 0.214. The van der Waals surface area contributed by atoms with Crippen LogP contribution in [0.15, 0.2) is 83.7 Å². The first-order valence-electron chi connectivity index (χ1n) is 13.2. The molecule has 3 heterocycles. The van der Waals surface area contributed by atoms with E-state index in [1.165, 1.54) is 5.56 Å². The van der Waals surface area contributed by atoms with Gasteiger partial charge in [0, 0.05) is 63.3 Å². The Hall–Kier alpha value is -3.98. The van der Waals surface area contributed by atoms with Crippen LogP contribution in [-0.4, -0.2) is 68.8 Å². The summed E-state index contributed by atoms with van der Waals surface area (Å²) in [5, 5.41) is 22.1. The fourth-order valence-electron chi connectivity index (χ4n) is 5.47. The molecular weight excluding hydrogens is 476 g/mol. The zero-order valence-corrected chi connectivity index (χ0v) is 21.3. The van der Waals surface area contributed by atoms with Crippen molar-refractivity contribution < 1.29 is 5.11 Å². The van der Waals surface area contributed by atoms with E-state index in [1.807, 2.05) is 42.5 Å². The number of H-pyrrole nitrogens is 1. The fraction of sp³-hybridized carbons (Fsp3) is 0.267. The quantitative estimate of drug-likeness (QED) is 0.278. The van der Waals surface area contributed by atoms with Crippen LogP contribution in [0.25, 0.3) is 27.7 Å². The van der Waals surface area contributed by atoms with Crippen LogP contribution < -0.4 is 11.0 Å². The van der Waals surface area contributed by atoms with E-state index < -0.39 is 0 Å². The number of hydrogen-bond donors (Lipinski definition) is 3. The molecule has 1 aliphatic heterocycles. The number of nitrogens with zero attached hydrogens (tertiary/aromatic N) is 4. The molecule has 1 aliphatic rings. The largest absolute Gasteiger partial charge is 0.507 e. The molecule has 1 saturated heterocycles. The summed E-state index contributed by atoms with van der Waals surface area (Å²) in [6.07, 6.45) is 0. The topological polar surface area (TPSA) is 88.9 Å². The first-order valence-corrected chi connectivity index (χ1v) is 13.2. The fourth-order valence-corrected chi connectivity index (χ4v) is 5.47. The summed E-state index contributed by atoms with van der Waals surface area (Å²) in [6, 6.07) is 25.9. The van der Waals surface area contributed by atoms with E-state index in [2.05, 4.69) is 55.6 Å². The zero-order chi connectivity index (χ0) is 25.9. The highest BCUT2D eigenvalue weighted by Crippen LogP contribution is 2.37. The number of pyridine rings is 1. The predicted octanol–water partition coefficient (Wildman–Crippen LogP) is 3.46. The summed E-state index contributed by atoms with van der Waals surface area (Å²) in [4.78, 5) is 17.4. The number of para-hydroxylation sites is 1. The maximum Gasteiger partial charge on any atom is 0.348 e. The Labute approximate surface area is 221 Å². The molecule has 0 atom stereocenters. The second-order valence-corrected chi connectivity index (χ2v) is 9.89. The molecule has 0 aliphatic carbocycles. The van der Waals surface area contributed by atoms with Crippen molar-refractivity contribution in [2.24, 2.45) is 0 Å². The molecule has 8 heteroatoms. The number of aromatic nitrogens is 3. The van der Waals surface area contributed by atoms with E-state index in [9.17, 15) is 9.90 Å². The summed E-state index contributed by atoms with van der Waals surface area (Å²) >= 11 is 0. The van der Waals surface area contributed by atoms with Crippen molar-refractivity contribution in [3.8, 4) is 16.9 Å². The number of fused-ring (bicyclic) bond motifs is 3. The number of rotatable bonds is 8. The lowest BCUT2D eigenvalue weighted by Gasteiger charge is -2.34. The number of phenolic OH excluding ortho intramolecular Hbond substituents is 1. The molecule has 194 valence electrons. The first kappa shape index (κ1) is 24.4. The molecule has 0 radical (unpaired) electrons. The minimum atomic E-state index is -0.275. The number of aromatic hydroxyl groups is 1. The third-order valence-electron chi connectivity index (χ3n) is 7.44. The number of hydrogen-bond acceptors (Lipinski definition) is 6. The van der Waals surface area contributed by atoms with E-state index in [-0.39, 0.29) is 11.4 Å². The van der Waals surface area contributed by atoms with Crippen molar-refractivity contribution in [1.82, 2.24) is 29.7 Å². The molecule has 8 nitrogen and oxygen atoms in total. The summed E-state index contributed by atoms with van der Waals surface area (Å²) in [6.45, 7) is 7.79. The van der Waals surface area contributed by atoms with Crippen molar-refractivity contribution in [3.05, 3.63) is 100 Å². The Morgan fingerprint density at radius 2 is 1.66 bits per heavy atom. The van der Waals surface area contributed by atoms with Crippen molar-refractivity contribution in [2.45, 2.75) is 13.1 Å². The lowest BCUT2D eigenvalue weighted by Crippen LogP contribution is -2.47. The average Bonchev–Trinajstić information content (AvgIpc) is 3.33. The summed E-state index contributed by atoms with van der Waals surface area (Å²) < 4.78 is 1.57. The van der Waals surface area contributed by atoms with Crippen molar-refractivity contribution in [3.63, 3.8) is 0 Å². The second kappa shape index (κ2) is 10.8. The number of nitrogens with one attached hydrogen (secondary N) is 2. The number of phenols is 1. The minimum absolute atomic E-state index is 0.214. The van der Waals surface area contributed by atoms with Gasteiger partial charge in [-0.3, -0.25) is 9.80 Å². The minimum Gasteiger partial charge on any atom is -0.507 e. The molecule has 3 aromatic carbocycles. The van der Waals surface area contributed by atoms with Gasteiger partial charge < -0.3 is 10.4 Å². The Bertz CT molecular complexity index is 1600. The predicted molar refractivity (Wildman–Crippen MR) is 150 cm³/mol. The maximum atomic E-state index is 12.4. The molecule has 1 fully saturated rings. The highest BCUT2D eigenvalue weighted by Gasteiger charge is 2.18. The normalized spacial score (nSPS) is 14.9. The summed E-state index contributed by atoms with van der Waals surface area (Å²) in [7, 11) is 0. The third-order valence-corrected chi connectivity index (χ3v) is 7.44.